The minimum atomic E-state index is 0.640. The van der Waals surface area contributed by atoms with Gasteiger partial charge in [-0.05, 0) is 18.2 Å². The number of hydrogen-bond acceptors (Lipinski definition) is 2. The molecule has 0 radical (unpaired) electrons. The van der Waals surface area contributed by atoms with Gasteiger partial charge in [0.05, 0.1) is 10.7 Å². The van der Waals surface area contributed by atoms with E-state index < -0.39 is 0 Å². The molecule has 2 aromatic rings. The van der Waals surface area contributed by atoms with Crippen LogP contribution in [0.3, 0.4) is 0 Å². The summed E-state index contributed by atoms with van der Waals surface area (Å²) in [6, 6.07) is 7.50. The first-order valence-electron chi connectivity index (χ1n) is 4.17. The van der Waals surface area contributed by atoms with Crippen molar-refractivity contribution in [1.29, 1.82) is 0 Å². The van der Waals surface area contributed by atoms with Crippen molar-refractivity contribution in [2.24, 2.45) is 0 Å². The summed E-state index contributed by atoms with van der Waals surface area (Å²) in [5, 5.41) is 5.19. The van der Waals surface area contributed by atoms with Gasteiger partial charge in [-0.2, -0.15) is 0 Å². The third-order valence-corrected chi connectivity index (χ3v) is 3.27. The van der Waals surface area contributed by atoms with Crippen LogP contribution in [0.2, 0.25) is 5.02 Å². The van der Waals surface area contributed by atoms with E-state index in [4.69, 9.17) is 16.1 Å². The van der Waals surface area contributed by atoms with Gasteiger partial charge in [-0.3, -0.25) is 0 Å². The number of nitrogens with zero attached hydrogens (tertiary/aromatic N) is 1. The normalized spacial score (nSPS) is 10.6. The molecule has 0 aliphatic heterocycles. The van der Waals surface area contributed by atoms with Crippen LogP contribution in [-0.4, -0.2) is 5.16 Å². The second kappa shape index (κ2) is 4.68. The minimum Gasteiger partial charge on any atom is -0.356 e. The number of benzene rings is 1. The van der Waals surface area contributed by atoms with Crippen LogP contribution >= 0.6 is 43.5 Å². The third-order valence-electron chi connectivity index (χ3n) is 1.89. The molecule has 0 atom stereocenters. The predicted octanol–water partition coefficient (Wildman–Crippen LogP) is 4.65. The van der Waals surface area contributed by atoms with Crippen molar-refractivity contribution in [2.75, 3.05) is 0 Å². The van der Waals surface area contributed by atoms with E-state index in [1.807, 2.05) is 24.3 Å². The highest BCUT2D eigenvalue weighted by atomic mass is 79.9. The molecule has 0 saturated carbocycles. The standard InChI is InChI=1S/C10H6Br2ClNO/c11-5-7-4-10(15-14-7)8-2-1-6(12)3-9(8)13/h1-4H,5H2. The van der Waals surface area contributed by atoms with Crippen LogP contribution in [0.1, 0.15) is 5.69 Å². The Bertz CT molecular complexity index is 484. The van der Waals surface area contributed by atoms with Gasteiger partial charge < -0.3 is 4.52 Å². The minimum absolute atomic E-state index is 0.640. The molecule has 0 unspecified atom stereocenters. The fourth-order valence-corrected chi connectivity index (χ4v) is 2.22. The predicted molar refractivity (Wildman–Crippen MR) is 67.3 cm³/mol. The van der Waals surface area contributed by atoms with Gasteiger partial charge in [0.25, 0.3) is 0 Å². The quantitative estimate of drug-likeness (QED) is 0.736. The van der Waals surface area contributed by atoms with Gasteiger partial charge in [0.1, 0.15) is 0 Å². The Morgan fingerprint density at radius 3 is 2.73 bits per heavy atom. The summed E-state index contributed by atoms with van der Waals surface area (Å²) in [5.74, 6) is 0.682. The molecule has 0 bridgehead atoms. The summed E-state index contributed by atoms with van der Waals surface area (Å²) in [5.41, 5.74) is 1.70. The Morgan fingerprint density at radius 2 is 2.13 bits per heavy atom. The van der Waals surface area contributed by atoms with Gasteiger partial charge in [0, 0.05) is 21.4 Å². The number of halogens is 3. The summed E-state index contributed by atoms with van der Waals surface area (Å²) < 4.78 is 6.12. The van der Waals surface area contributed by atoms with Crippen LogP contribution in [-0.2, 0) is 5.33 Å². The maximum Gasteiger partial charge on any atom is 0.168 e. The number of rotatable bonds is 2. The van der Waals surface area contributed by atoms with Gasteiger partial charge in [0.2, 0.25) is 0 Å². The Balaban J connectivity index is 2.44. The first-order chi connectivity index (χ1) is 7.20. The molecule has 0 amide bonds. The average Bonchev–Trinajstić information content (AvgIpc) is 2.66. The highest BCUT2D eigenvalue weighted by Crippen LogP contribution is 2.30. The topological polar surface area (TPSA) is 26.0 Å². The maximum absolute atomic E-state index is 6.09. The monoisotopic (exact) mass is 349 g/mol. The molecule has 1 aromatic heterocycles. The maximum atomic E-state index is 6.09. The summed E-state index contributed by atoms with van der Waals surface area (Å²) in [4.78, 5) is 0. The van der Waals surface area contributed by atoms with E-state index in [-0.39, 0.29) is 0 Å². The van der Waals surface area contributed by atoms with Gasteiger partial charge in [-0.25, -0.2) is 0 Å². The Hall–Kier alpha value is -0.320. The molecule has 0 fully saturated rings. The first-order valence-corrected chi connectivity index (χ1v) is 6.47. The van der Waals surface area contributed by atoms with Crippen LogP contribution in [0.25, 0.3) is 11.3 Å². The van der Waals surface area contributed by atoms with Gasteiger partial charge in [0.15, 0.2) is 5.76 Å². The molecule has 1 aromatic carbocycles. The van der Waals surface area contributed by atoms with E-state index in [1.54, 1.807) is 0 Å². The van der Waals surface area contributed by atoms with Crippen LogP contribution < -0.4 is 0 Å². The molecule has 2 nitrogen and oxygen atoms in total. The fourth-order valence-electron chi connectivity index (χ4n) is 1.19. The second-order valence-electron chi connectivity index (χ2n) is 2.94. The van der Waals surface area contributed by atoms with Crippen LogP contribution in [0.4, 0.5) is 0 Å². The highest BCUT2D eigenvalue weighted by Gasteiger charge is 2.09. The molecule has 1 heterocycles. The third kappa shape index (κ3) is 2.44. The molecule has 5 heteroatoms. The number of alkyl halides is 1. The number of hydrogen-bond donors (Lipinski definition) is 0. The fraction of sp³-hybridized carbons (Fsp3) is 0.100. The van der Waals surface area contributed by atoms with E-state index in [1.165, 1.54) is 0 Å². The van der Waals surface area contributed by atoms with Crippen LogP contribution in [0.15, 0.2) is 33.3 Å². The molecule has 2 rings (SSSR count). The summed E-state index contributed by atoms with van der Waals surface area (Å²) in [7, 11) is 0. The molecule has 0 spiro atoms. The lowest BCUT2D eigenvalue weighted by Gasteiger charge is -1.99. The van der Waals surface area contributed by atoms with E-state index in [9.17, 15) is 0 Å². The highest BCUT2D eigenvalue weighted by molar-refractivity contribution is 9.10. The zero-order valence-electron chi connectivity index (χ0n) is 7.51. The molecule has 15 heavy (non-hydrogen) atoms. The zero-order chi connectivity index (χ0) is 10.8. The summed E-state index contributed by atoms with van der Waals surface area (Å²) in [6.45, 7) is 0. The first kappa shape index (κ1) is 11.2. The molecule has 0 aliphatic rings. The molecular weight excluding hydrogens is 345 g/mol. The van der Waals surface area contributed by atoms with Crippen LogP contribution in [0.5, 0.6) is 0 Å². The van der Waals surface area contributed by atoms with E-state index in [2.05, 4.69) is 37.0 Å². The smallest absolute Gasteiger partial charge is 0.168 e. The van der Waals surface area contributed by atoms with Crippen LogP contribution in [0, 0.1) is 0 Å². The summed E-state index contributed by atoms with van der Waals surface area (Å²) >= 11 is 12.7. The van der Waals surface area contributed by atoms with Crippen molar-refractivity contribution in [3.05, 3.63) is 39.5 Å². The molecule has 0 N–H and O–H groups in total. The summed E-state index contributed by atoms with van der Waals surface area (Å²) in [6.07, 6.45) is 0. The lowest BCUT2D eigenvalue weighted by molar-refractivity contribution is 0.426. The molecule has 0 aliphatic carbocycles. The van der Waals surface area contributed by atoms with Crippen molar-refractivity contribution >= 4 is 43.5 Å². The molecular formula is C10H6Br2ClNO. The van der Waals surface area contributed by atoms with Crippen molar-refractivity contribution in [2.45, 2.75) is 5.33 Å². The molecule has 78 valence electrons. The van der Waals surface area contributed by atoms with Gasteiger partial charge in [-0.1, -0.05) is 48.6 Å². The Kier molecular flexibility index (Phi) is 3.49. The van der Waals surface area contributed by atoms with Crippen molar-refractivity contribution in [3.8, 4) is 11.3 Å². The van der Waals surface area contributed by atoms with E-state index in [0.29, 0.717) is 16.1 Å². The van der Waals surface area contributed by atoms with E-state index in [0.717, 1.165) is 15.7 Å². The Labute approximate surface area is 109 Å². The lowest BCUT2D eigenvalue weighted by atomic mass is 10.1. The largest absolute Gasteiger partial charge is 0.356 e. The SMILES string of the molecule is Clc1cc(Br)ccc1-c1cc(CBr)no1. The second-order valence-corrected chi connectivity index (χ2v) is 4.82. The Morgan fingerprint density at radius 1 is 1.33 bits per heavy atom. The average molecular weight is 351 g/mol. The zero-order valence-corrected chi connectivity index (χ0v) is 11.4. The van der Waals surface area contributed by atoms with Gasteiger partial charge >= 0.3 is 0 Å². The van der Waals surface area contributed by atoms with Crippen molar-refractivity contribution < 1.29 is 4.52 Å². The molecule has 0 saturated heterocycles. The van der Waals surface area contributed by atoms with Gasteiger partial charge in [-0.15, -0.1) is 0 Å². The van der Waals surface area contributed by atoms with E-state index >= 15 is 0 Å². The van der Waals surface area contributed by atoms with Crippen molar-refractivity contribution in [3.63, 3.8) is 0 Å². The number of aromatic nitrogens is 1. The van der Waals surface area contributed by atoms with Crippen molar-refractivity contribution in [1.82, 2.24) is 5.16 Å². The lowest BCUT2D eigenvalue weighted by Crippen LogP contribution is -1.76.